The molecular weight excluding hydrogens is 471 g/mol. The molecule has 0 aliphatic heterocycles. The first-order valence-electron chi connectivity index (χ1n) is 12.2. The van der Waals surface area contributed by atoms with E-state index in [-0.39, 0.29) is 40.3 Å². The van der Waals surface area contributed by atoms with Gasteiger partial charge in [0, 0.05) is 29.6 Å². The number of allylic oxidation sites excluding steroid dienone is 3. The topological polar surface area (TPSA) is 93.8 Å². The van der Waals surface area contributed by atoms with Crippen molar-refractivity contribution >= 4 is 28.6 Å². The molecule has 0 aromatic carbocycles. The van der Waals surface area contributed by atoms with E-state index in [1.165, 1.54) is 6.26 Å². The molecule has 3 fully saturated rings. The number of halogens is 1. The fraction of sp³-hybridized carbons (Fsp3) is 0.593. The van der Waals surface area contributed by atoms with Crippen molar-refractivity contribution in [2.75, 3.05) is 6.01 Å². The minimum atomic E-state index is -0.784. The number of furan rings is 1. The van der Waals surface area contributed by atoms with Crippen LogP contribution in [-0.4, -0.2) is 40.2 Å². The average Bonchev–Trinajstić information content (AvgIpc) is 3.40. The van der Waals surface area contributed by atoms with E-state index in [4.69, 9.17) is 9.15 Å². The van der Waals surface area contributed by atoms with Crippen LogP contribution in [0.25, 0.3) is 0 Å². The van der Waals surface area contributed by atoms with E-state index in [2.05, 4.69) is 0 Å². The molecule has 0 unspecified atom stereocenters. The van der Waals surface area contributed by atoms with E-state index in [0.29, 0.717) is 24.6 Å². The number of aliphatic hydroxyl groups is 1. The summed E-state index contributed by atoms with van der Waals surface area (Å²) in [5.74, 6) is -1.54. The summed E-state index contributed by atoms with van der Waals surface area (Å²) >= 11 is 0.702. The summed E-state index contributed by atoms with van der Waals surface area (Å²) in [6, 6.07) is 2.38. The van der Waals surface area contributed by atoms with Crippen LogP contribution in [0.2, 0.25) is 0 Å². The van der Waals surface area contributed by atoms with Crippen LogP contribution >= 0.6 is 11.8 Å². The van der Waals surface area contributed by atoms with Crippen LogP contribution < -0.4 is 0 Å². The molecule has 0 saturated heterocycles. The molecule has 5 rings (SSSR count). The van der Waals surface area contributed by atoms with Crippen LogP contribution in [0.4, 0.5) is 4.39 Å². The monoisotopic (exact) mass is 502 g/mol. The number of aliphatic hydroxyl groups excluding tert-OH is 1. The number of hydrogen-bond donors (Lipinski definition) is 1. The summed E-state index contributed by atoms with van der Waals surface area (Å²) in [7, 11) is 0. The normalized spacial score (nSPS) is 42.0. The molecule has 188 valence electrons. The SMILES string of the molecule is C[C@@H]1C[C@H]2[C@H]3[C@H]([C@@H](O)C[C@]2(C)[C@H]1C(=O)SCF)[C@@]1(C)C=CC(=O)C=C1C[C@H]3OC(=O)c1ccco1. The number of alkyl halides is 1. The van der Waals surface area contributed by atoms with Gasteiger partial charge in [-0.25, -0.2) is 9.18 Å². The molecule has 35 heavy (non-hydrogen) atoms. The van der Waals surface area contributed by atoms with Gasteiger partial charge < -0.3 is 14.3 Å². The number of thioether (sulfide) groups is 1. The van der Waals surface area contributed by atoms with E-state index in [1.807, 2.05) is 26.8 Å². The second kappa shape index (κ2) is 8.73. The van der Waals surface area contributed by atoms with Crippen molar-refractivity contribution in [3.63, 3.8) is 0 Å². The molecule has 9 atom stereocenters. The molecule has 8 heteroatoms. The van der Waals surface area contributed by atoms with Gasteiger partial charge in [-0.3, -0.25) is 9.59 Å². The largest absolute Gasteiger partial charge is 0.457 e. The van der Waals surface area contributed by atoms with Crippen LogP contribution in [0.5, 0.6) is 0 Å². The molecule has 0 radical (unpaired) electrons. The molecule has 1 N–H and O–H groups in total. The number of esters is 1. The predicted octanol–water partition coefficient (Wildman–Crippen LogP) is 4.74. The number of hydrogen-bond acceptors (Lipinski definition) is 7. The molecule has 4 aliphatic carbocycles. The third-order valence-electron chi connectivity index (χ3n) is 9.27. The van der Waals surface area contributed by atoms with Gasteiger partial charge in [0.05, 0.1) is 12.4 Å². The van der Waals surface area contributed by atoms with Crippen molar-refractivity contribution in [2.45, 2.75) is 52.2 Å². The van der Waals surface area contributed by atoms with Crippen molar-refractivity contribution in [1.29, 1.82) is 0 Å². The predicted molar refractivity (Wildman–Crippen MR) is 128 cm³/mol. The van der Waals surface area contributed by atoms with Crippen LogP contribution in [0.1, 0.15) is 50.6 Å². The summed E-state index contributed by atoms with van der Waals surface area (Å²) in [4.78, 5) is 38.2. The lowest BCUT2D eigenvalue weighted by atomic mass is 9.46. The van der Waals surface area contributed by atoms with E-state index < -0.39 is 40.9 Å². The van der Waals surface area contributed by atoms with Gasteiger partial charge in [-0.15, -0.1) is 0 Å². The van der Waals surface area contributed by atoms with Crippen LogP contribution in [-0.2, 0) is 14.3 Å². The van der Waals surface area contributed by atoms with Crippen LogP contribution in [0.15, 0.2) is 46.6 Å². The van der Waals surface area contributed by atoms with Gasteiger partial charge in [0.2, 0.25) is 5.76 Å². The number of ketones is 1. The van der Waals surface area contributed by atoms with E-state index in [9.17, 15) is 23.9 Å². The Hall–Kier alpha value is -2.19. The molecule has 3 saturated carbocycles. The van der Waals surface area contributed by atoms with Gasteiger partial charge in [-0.05, 0) is 54.4 Å². The zero-order chi connectivity index (χ0) is 25.1. The van der Waals surface area contributed by atoms with Crippen LogP contribution in [0, 0.1) is 40.4 Å². The lowest BCUT2D eigenvalue weighted by molar-refractivity contribution is -0.157. The molecule has 4 aliphatic rings. The number of carbonyl (C=O) groups is 3. The molecule has 1 aromatic rings. The third kappa shape index (κ3) is 3.75. The Morgan fingerprint density at radius 3 is 2.80 bits per heavy atom. The third-order valence-corrected chi connectivity index (χ3v) is 9.92. The van der Waals surface area contributed by atoms with Gasteiger partial charge in [0.1, 0.15) is 12.1 Å². The van der Waals surface area contributed by atoms with Crippen molar-refractivity contribution in [2.24, 2.45) is 40.4 Å². The highest BCUT2D eigenvalue weighted by molar-refractivity contribution is 8.13. The van der Waals surface area contributed by atoms with Gasteiger partial charge >= 0.3 is 5.97 Å². The van der Waals surface area contributed by atoms with Gasteiger partial charge in [-0.1, -0.05) is 44.2 Å². The highest BCUT2D eigenvalue weighted by Gasteiger charge is 2.67. The quantitative estimate of drug-likeness (QED) is 0.594. The van der Waals surface area contributed by atoms with Gasteiger partial charge in [0.25, 0.3) is 0 Å². The number of rotatable bonds is 4. The lowest BCUT2D eigenvalue weighted by Crippen LogP contribution is -2.60. The van der Waals surface area contributed by atoms with E-state index >= 15 is 0 Å². The summed E-state index contributed by atoms with van der Waals surface area (Å²) in [6.07, 6.45) is 6.56. The average molecular weight is 503 g/mol. The first-order valence-corrected chi connectivity index (χ1v) is 13.2. The van der Waals surface area contributed by atoms with E-state index in [0.717, 1.165) is 12.0 Å². The maximum atomic E-state index is 13.1. The second-order valence-corrected chi connectivity index (χ2v) is 12.0. The maximum Gasteiger partial charge on any atom is 0.374 e. The number of fused-ring (bicyclic) bond motifs is 5. The zero-order valence-corrected chi connectivity index (χ0v) is 20.9. The molecular formula is C27H31FO6S. The smallest absolute Gasteiger partial charge is 0.374 e. The zero-order valence-electron chi connectivity index (χ0n) is 20.1. The summed E-state index contributed by atoms with van der Waals surface area (Å²) in [5, 5.41) is 11.5. The molecule has 6 nitrogen and oxygen atoms in total. The van der Waals surface area contributed by atoms with Crippen molar-refractivity contribution in [1.82, 2.24) is 0 Å². The van der Waals surface area contributed by atoms with Crippen molar-refractivity contribution in [3.05, 3.63) is 48.0 Å². The summed E-state index contributed by atoms with van der Waals surface area (Å²) in [6.45, 7) is 6.09. The minimum absolute atomic E-state index is 0.0112. The second-order valence-electron chi connectivity index (χ2n) is 11.1. The Kier molecular flexibility index (Phi) is 6.11. The molecule has 0 amide bonds. The fourth-order valence-corrected chi connectivity index (χ4v) is 8.77. The summed E-state index contributed by atoms with van der Waals surface area (Å²) < 4.78 is 24.4. The maximum absolute atomic E-state index is 13.1. The molecule has 0 bridgehead atoms. The summed E-state index contributed by atoms with van der Waals surface area (Å²) in [5.41, 5.74) is -0.274. The Bertz CT molecular complexity index is 1100. The van der Waals surface area contributed by atoms with Crippen LogP contribution in [0.3, 0.4) is 0 Å². The standard InChI is InChI=1S/C27H31FO6S/c1-14-9-17-21-20(34-24(31)19-5-4-8-33-19)11-15-10-16(29)6-7-26(15,2)23(21)18(30)12-27(17,3)22(14)25(32)35-13-28/h4-8,10,14,17-18,20-23,30H,9,11-13H2,1-3H3/t14-,17+,18+,20-,21-,22-,23+,26+,27+/m1/s1. The highest BCUT2D eigenvalue weighted by atomic mass is 32.2. The Labute approximate surface area is 208 Å². The van der Waals surface area contributed by atoms with Crippen molar-refractivity contribution < 1.29 is 33.0 Å². The Balaban J connectivity index is 1.58. The molecule has 0 spiro atoms. The Morgan fingerprint density at radius 1 is 1.34 bits per heavy atom. The Morgan fingerprint density at radius 2 is 2.11 bits per heavy atom. The molecule has 1 aromatic heterocycles. The minimum Gasteiger partial charge on any atom is -0.457 e. The molecule has 1 heterocycles. The fourth-order valence-electron chi connectivity index (χ4n) is 7.99. The number of ether oxygens (including phenoxy) is 1. The number of carbonyl (C=O) groups excluding carboxylic acids is 3. The lowest BCUT2D eigenvalue weighted by Gasteiger charge is -2.60. The van der Waals surface area contributed by atoms with Crippen molar-refractivity contribution in [3.8, 4) is 0 Å². The van der Waals surface area contributed by atoms with Gasteiger partial charge in [0.15, 0.2) is 10.9 Å². The first kappa shape index (κ1) is 24.5. The van der Waals surface area contributed by atoms with Gasteiger partial charge in [-0.2, -0.15) is 0 Å². The first-order chi connectivity index (χ1) is 16.6. The highest BCUT2D eigenvalue weighted by Crippen LogP contribution is 2.67. The van der Waals surface area contributed by atoms with E-state index in [1.54, 1.807) is 24.3 Å².